The second-order valence-electron chi connectivity index (χ2n) is 4.70. The molecule has 5 heteroatoms. The van der Waals surface area contributed by atoms with Crippen molar-refractivity contribution in [3.05, 3.63) is 30.1 Å². The van der Waals surface area contributed by atoms with E-state index in [9.17, 15) is 9.59 Å². The Bertz CT molecular complexity index is 461. The highest BCUT2D eigenvalue weighted by Crippen LogP contribution is 2.48. The lowest BCUT2D eigenvalue weighted by Crippen LogP contribution is -2.41. The molecule has 0 unspecified atom stereocenters. The van der Waals surface area contributed by atoms with Gasteiger partial charge in [-0.2, -0.15) is 0 Å². The van der Waals surface area contributed by atoms with Crippen molar-refractivity contribution in [2.45, 2.75) is 25.3 Å². The average Bonchev–Trinajstić information content (AvgIpc) is 3.17. The molecule has 2 rings (SSSR count). The van der Waals surface area contributed by atoms with Crippen LogP contribution in [0.15, 0.2) is 24.5 Å². The fraction of sp³-hybridized carbons (Fsp3) is 0.462. The van der Waals surface area contributed by atoms with Crippen molar-refractivity contribution in [3.8, 4) is 0 Å². The summed E-state index contributed by atoms with van der Waals surface area (Å²) in [5, 5.41) is 8.88. The third kappa shape index (κ3) is 2.34. The highest BCUT2D eigenvalue weighted by atomic mass is 16.4. The van der Waals surface area contributed by atoms with Crippen molar-refractivity contribution < 1.29 is 14.7 Å². The molecule has 3 atom stereocenters. The number of pyridine rings is 1. The number of aliphatic carboxylic acids is 1. The maximum atomic E-state index is 12.1. The number of aromatic nitrogens is 1. The zero-order chi connectivity index (χ0) is 13.3. The van der Waals surface area contributed by atoms with E-state index in [-0.39, 0.29) is 17.7 Å². The van der Waals surface area contributed by atoms with E-state index < -0.39 is 12.0 Å². The monoisotopic (exact) mass is 248 g/mol. The fourth-order valence-corrected chi connectivity index (χ4v) is 2.05. The highest BCUT2D eigenvalue weighted by Gasteiger charge is 2.46. The molecule has 1 saturated carbocycles. The number of carbonyl (C=O) groups excluding carboxylic acids is 1. The van der Waals surface area contributed by atoms with E-state index in [2.05, 4.69) is 4.98 Å². The normalized spacial score (nSPS) is 23.2. The standard InChI is InChI=1S/C13H16N2O3/c1-8(13(17)18)15(2)12(16)11-6-10(11)9-4-3-5-14-7-9/h3-5,7-8,10-11H,6H2,1-2H3,(H,17,18)/t8-,10+,11+/m1/s1. The largest absolute Gasteiger partial charge is 0.480 e. The number of hydrogen-bond acceptors (Lipinski definition) is 3. The molecule has 1 amide bonds. The minimum absolute atomic E-state index is 0.0963. The first-order chi connectivity index (χ1) is 8.52. The van der Waals surface area contributed by atoms with Gasteiger partial charge in [0.2, 0.25) is 5.91 Å². The van der Waals surface area contributed by atoms with Crippen molar-refractivity contribution in [2.24, 2.45) is 5.92 Å². The number of nitrogens with zero attached hydrogens (tertiary/aromatic N) is 2. The number of carboxylic acid groups (broad SMARTS) is 1. The van der Waals surface area contributed by atoms with Crippen molar-refractivity contribution in [2.75, 3.05) is 7.05 Å². The van der Waals surface area contributed by atoms with Crippen LogP contribution in [0.25, 0.3) is 0 Å². The maximum absolute atomic E-state index is 12.1. The molecule has 1 N–H and O–H groups in total. The maximum Gasteiger partial charge on any atom is 0.326 e. The van der Waals surface area contributed by atoms with Gasteiger partial charge in [0.1, 0.15) is 6.04 Å². The third-order valence-electron chi connectivity index (χ3n) is 3.51. The Hall–Kier alpha value is -1.91. The zero-order valence-electron chi connectivity index (χ0n) is 10.4. The van der Waals surface area contributed by atoms with E-state index in [1.807, 2.05) is 12.1 Å². The van der Waals surface area contributed by atoms with E-state index in [0.29, 0.717) is 0 Å². The quantitative estimate of drug-likeness (QED) is 0.866. The van der Waals surface area contributed by atoms with Gasteiger partial charge < -0.3 is 10.0 Å². The molecule has 0 spiro atoms. The Balaban J connectivity index is 1.99. The summed E-state index contributed by atoms with van der Waals surface area (Å²) >= 11 is 0. The number of likely N-dealkylation sites (N-methyl/N-ethyl adjacent to an activating group) is 1. The van der Waals surface area contributed by atoms with E-state index in [0.717, 1.165) is 12.0 Å². The zero-order valence-corrected chi connectivity index (χ0v) is 10.4. The lowest BCUT2D eigenvalue weighted by Gasteiger charge is -2.21. The highest BCUT2D eigenvalue weighted by molar-refractivity contribution is 5.87. The van der Waals surface area contributed by atoms with Crippen molar-refractivity contribution >= 4 is 11.9 Å². The molecule has 0 aromatic carbocycles. The number of carboxylic acids is 1. The van der Waals surface area contributed by atoms with Crippen LogP contribution in [-0.4, -0.2) is 40.0 Å². The lowest BCUT2D eigenvalue weighted by atomic mass is 10.1. The fourth-order valence-electron chi connectivity index (χ4n) is 2.05. The van der Waals surface area contributed by atoms with Gasteiger partial charge in [-0.15, -0.1) is 0 Å². The van der Waals surface area contributed by atoms with Gasteiger partial charge in [-0.25, -0.2) is 4.79 Å². The van der Waals surface area contributed by atoms with E-state index in [1.54, 1.807) is 19.4 Å². The van der Waals surface area contributed by atoms with Crippen LogP contribution in [0, 0.1) is 5.92 Å². The van der Waals surface area contributed by atoms with Crippen LogP contribution in [-0.2, 0) is 9.59 Å². The molecule has 18 heavy (non-hydrogen) atoms. The summed E-state index contributed by atoms with van der Waals surface area (Å²) in [6.45, 7) is 1.52. The second kappa shape index (κ2) is 4.76. The minimum Gasteiger partial charge on any atom is -0.480 e. The topological polar surface area (TPSA) is 70.5 Å². The first-order valence-electron chi connectivity index (χ1n) is 5.91. The number of amides is 1. The van der Waals surface area contributed by atoms with E-state index in [1.165, 1.54) is 11.8 Å². The van der Waals surface area contributed by atoms with Crippen LogP contribution >= 0.6 is 0 Å². The molecular weight excluding hydrogens is 232 g/mol. The molecular formula is C13H16N2O3. The summed E-state index contributed by atoms with van der Waals surface area (Å²) < 4.78 is 0. The van der Waals surface area contributed by atoms with Gasteiger partial charge in [-0.3, -0.25) is 9.78 Å². The molecule has 0 radical (unpaired) electrons. The van der Waals surface area contributed by atoms with Gasteiger partial charge in [-0.1, -0.05) is 6.07 Å². The molecule has 1 aliphatic rings. The Morgan fingerprint density at radius 1 is 1.56 bits per heavy atom. The number of carbonyl (C=O) groups is 2. The molecule has 5 nitrogen and oxygen atoms in total. The SMILES string of the molecule is C[C@H](C(=O)O)N(C)C(=O)[C@H]1C[C@H]1c1cccnc1. The molecule has 0 saturated heterocycles. The number of hydrogen-bond donors (Lipinski definition) is 1. The van der Waals surface area contributed by atoms with Gasteiger partial charge in [0.15, 0.2) is 0 Å². The van der Waals surface area contributed by atoms with Crippen molar-refractivity contribution in [1.29, 1.82) is 0 Å². The van der Waals surface area contributed by atoms with E-state index in [4.69, 9.17) is 5.11 Å². The minimum atomic E-state index is -0.982. The van der Waals surface area contributed by atoms with Gasteiger partial charge in [-0.05, 0) is 30.9 Å². The van der Waals surface area contributed by atoms with Gasteiger partial charge in [0.25, 0.3) is 0 Å². The van der Waals surface area contributed by atoms with Crippen molar-refractivity contribution in [3.63, 3.8) is 0 Å². The predicted octanol–water partition coefficient (Wildman–Crippen LogP) is 1.12. The second-order valence-corrected chi connectivity index (χ2v) is 4.70. The Kier molecular flexibility index (Phi) is 3.32. The summed E-state index contributed by atoms with van der Waals surface area (Å²) in [4.78, 5) is 28.3. The molecule has 1 fully saturated rings. The average molecular weight is 248 g/mol. The molecule has 1 heterocycles. The predicted molar refractivity (Wildman–Crippen MR) is 65.0 cm³/mol. The molecule has 96 valence electrons. The summed E-state index contributed by atoms with van der Waals surface area (Å²) in [5.41, 5.74) is 1.05. The van der Waals surface area contributed by atoms with Crippen LogP contribution in [0.1, 0.15) is 24.8 Å². The van der Waals surface area contributed by atoms with E-state index >= 15 is 0 Å². The Labute approximate surface area is 105 Å². The van der Waals surface area contributed by atoms with Gasteiger partial charge in [0.05, 0.1) is 0 Å². The van der Waals surface area contributed by atoms with Gasteiger partial charge >= 0.3 is 5.97 Å². The molecule has 1 aromatic rings. The smallest absolute Gasteiger partial charge is 0.326 e. The van der Waals surface area contributed by atoms with Crippen LogP contribution in [0.5, 0.6) is 0 Å². The van der Waals surface area contributed by atoms with Crippen LogP contribution < -0.4 is 0 Å². The first-order valence-corrected chi connectivity index (χ1v) is 5.91. The summed E-state index contributed by atoms with van der Waals surface area (Å²) in [6.07, 6.45) is 4.24. The third-order valence-corrected chi connectivity index (χ3v) is 3.51. The lowest BCUT2D eigenvalue weighted by molar-refractivity contribution is -0.148. The molecule has 1 aromatic heterocycles. The van der Waals surface area contributed by atoms with Crippen molar-refractivity contribution in [1.82, 2.24) is 9.88 Å². The Morgan fingerprint density at radius 2 is 2.28 bits per heavy atom. The molecule has 0 bridgehead atoms. The summed E-state index contributed by atoms with van der Waals surface area (Å²) in [5.74, 6) is -0.987. The molecule has 1 aliphatic carbocycles. The van der Waals surface area contributed by atoms with Crippen LogP contribution in [0.3, 0.4) is 0 Å². The molecule has 0 aliphatic heterocycles. The Morgan fingerprint density at radius 3 is 2.83 bits per heavy atom. The summed E-state index contributed by atoms with van der Waals surface area (Å²) in [6, 6.07) is 3.01. The summed E-state index contributed by atoms with van der Waals surface area (Å²) in [7, 11) is 1.54. The number of rotatable bonds is 4. The van der Waals surface area contributed by atoms with Gasteiger partial charge in [0, 0.05) is 25.4 Å². The van der Waals surface area contributed by atoms with Crippen LogP contribution in [0.4, 0.5) is 0 Å². The first kappa shape index (κ1) is 12.5. The van der Waals surface area contributed by atoms with Crippen LogP contribution in [0.2, 0.25) is 0 Å².